The molecule has 1 heterocycles. The van der Waals surface area contributed by atoms with Gasteiger partial charge in [-0.1, -0.05) is 43.2 Å². The fourth-order valence-corrected chi connectivity index (χ4v) is 3.09. The largest absolute Gasteiger partial charge is 0.323 e. The van der Waals surface area contributed by atoms with Gasteiger partial charge in [0.15, 0.2) is 0 Å². The molecule has 0 aromatic heterocycles. The molecule has 0 saturated carbocycles. The molecule has 0 aliphatic carbocycles. The van der Waals surface area contributed by atoms with E-state index >= 15 is 0 Å². The highest BCUT2D eigenvalue weighted by Crippen LogP contribution is 2.25. The molecule has 2 N–H and O–H groups in total. The van der Waals surface area contributed by atoms with Crippen molar-refractivity contribution in [1.29, 1.82) is 0 Å². The molecule has 2 nitrogen and oxygen atoms in total. The summed E-state index contributed by atoms with van der Waals surface area (Å²) >= 11 is 0. The molecule has 3 unspecified atom stereocenters. The Morgan fingerprint density at radius 3 is 2.63 bits per heavy atom. The summed E-state index contributed by atoms with van der Waals surface area (Å²) in [5.41, 5.74) is 9.02. The first-order chi connectivity index (χ1) is 9.11. The lowest BCUT2D eigenvalue weighted by molar-refractivity contribution is 0.114. The molecule has 3 atom stereocenters. The molecule has 19 heavy (non-hydrogen) atoms. The van der Waals surface area contributed by atoms with Crippen LogP contribution in [0, 0.1) is 12.8 Å². The van der Waals surface area contributed by atoms with E-state index in [0.717, 1.165) is 5.92 Å². The van der Waals surface area contributed by atoms with E-state index < -0.39 is 0 Å². The number of aryl methyl sites for hydroxylation is 1. The Kier molecular flexibility index (Phi) is 5.00. The molecular formula is C17H28N2. The molecule has 0 amide bonds. The van der Waals surface area contributed by atoms with E-state index in [1.807, 2.05) is 0 Å². The molecule has 1 saturated heterocycles. The van der Waals surface area contributed by atoms with E-state index in [4.69, 9.17) is 5.73 Å². The van der Waals surface area contributed by atoms with E-state index in [-0.39, 0.29) is 6.04 Å². The molecular weight excluding hydrogens is 232 g/mol. The van der Waals surface area contributed by atoms with E-state index in [1.165, 1.54) is 43.5 Å². The zero-order valence-corrected chi connectivity index (χ0v) is 12.6. The van der Waals surface area contributed by atoms with Crippen LogP contribution in [0.15, 0.2) is 24.3 Å². The second-order valence-electron chi connectivity index (χ2n) is 6.09. The standard InChI is InChI=1S/C17H28N2/c1-4-15-6-5-11-19(12-15)14(3)17(18)16-9-7-13(2)8-10-16/h7-10,14-15,17H,4-6,11-12,18H2,1-3H3. The van der Waals surface area contributed by atoms with Gasteiger partial charge in [0.2, 0.25) is 0 Å². The van der Waals surface area contributed by atoms with E-state index in [2.05, 4.69) is 49.9 Å². The first kappa shape index (κ1) is 14.5. The van der Waals surface area contributed by atoms with Gasteiger partial charge in [-0.25, -0.2) is 0 Å². The van der Waals surface area contributed by atoms with Crippen LogP contribution in [0.3, 0.4) is 0 Å². The number of hydrogen-bond donors (Lipinski definition) is 1. The van der Waals surface area contributed by atoms with Crippen molar-refractivity contribution < 1.29 is 0 Å². The van der Waals surface area contributed by atoms with Crippen molar-refractivity contribution in [3.05, 3.63) is 35.4 Å². The van der Waals surface area contributed by atoms with Crippen LogP contribution in [0.25, 0.3) is 0 Å². The Morgan fingerprint density at radius 2 is 2.00 bits per heavy atom. The van der Waals surface area contributed by atoms with Crippen molar-refractivity contribution >= 4 is 0 Å². The van der Waals surface area contributed by atoms with Crippen molar-refractivity contribution in [3.63, 3.8) is 0 Å². The van der Waals surface area contributed by atoms with Crippen molar-refractivity contribution in [2.24, 2.45) is 11.7 Å². The topological polar surface area (TPSA) is 29.3 Å². The molecule has 2 rings (SSSR count). The van der Waals surface area contributed by atoms with Gasteiger partial charge in [-0.15, -0.1) is 0 Å². The normalized spacial score (nSPS) is 24.1. The number of benzene rings is 1. The molecule has 0 spiro atoms. The summed E-state index contributed by atoms with van der Waals surface area (Å²) in [5, 5.41) is 0. The second-order valence-corrected chi connectivity index (χ2v) is 6.09. The van der Waals surface area contributed by atoms with Gasteiger partial charge in [0.25, 0.3) is 0 Å². The highest BCUT2D eigenvalue weighted by atomic mass is 15.2. The van der Waals surface area contributed by atoms with Gasteiger partial charge in [0.1, 0.15) is 0 Å². The molecule has 1 aromatic rings. The Labute approximate surface area is 118 Å². The van der Waals surface area contributed by atoms with Crippen molar-refractivity contribution in [3.8, 4) is 0 Å². The average Bonchev–Trinajstić information content (AvgIpc) is 2.46. The third kappa shape index (κ3) is 3.58. The smallest absolute Gasteiger partial charge is 0.0450 e. The molecule has 0 radical (unpaired) electrons. The lowest BCUT2D eigenvalue weighted by atomic mass is 9.92. The highest BCUT2D eigenvalue weighted by Gasteiger charge is 2.26. The number of nitrogens with two attached hydrogens (primary N) is 1. The molecule has 1 aliphatic rings. The molecule has 1 fully saturated rings. The van der Waals surface area contributed by atoms with E-state index in [0.29, 0.717) is 6.04 Å². The summed E-state index contributed by atoms with van der Waals surface area (Å²) in [6.45, 7) is 9.13. The van der Waals surface area contributed by atoms with Gasteiger partial charge < -0.3 is 5.73 Å². The zero-order valence-electron chi connectivity index (χ0n) is 12.6. The van der Waals surface area contributed by atoms with Crippen LogP contribution in [0.1, 0.15) is 50.3 Å². The number of hydrogen-bond acceptors (Lipinski definition) is 2. The van der Waals surface area contributed by atoms with Crippen LogP contribution in [0.4, 0.5) is 0 Å². The lowest BCUT2D eigenvalue weighted by Crippen LogP contribution is -2.46. The predicted molar refractivity (Wildman–Crippen MR) is 82.2 cm³/mol. The van der Waals surface area contributed by atoms with Gasteiger partial charge in [-0.2, -0.15) is 0 Å². The van der Waals surface area contributed by atoms with Gasteiger partial charge in [0, 0.05) is 18.6 Å². The third-order valence-corrected chi connectivity index (χ3v) is 4.69. The fourth-order valence-electron chi connectivity index (χ4n) is 3.09. The van der Waals surface area contributed by atoms with Crippen LogP contribution < -0.4 is 5.73 Å². The number of nitrogens with zero attached hydrogens (tertiary/aromatic N) is 1. The van der Waals surface area contributed by atoms with E-state index in [9.17, 15) is 0 Å². The van der Waals surface area contributed by atoms with Crippen LogP contribution in [-0.2, 0) is 0 Å². The predicted octanol–water partition coefficient (Wildman–Crippen LogP) is 3.51. The maximum Gasteiger partial charge on any atom is 0.0450 e. The maximum atomic E-state index is 6.46. The minimum Gasteiger partial charge on any atom is -0.323 e. The van der Waals surface area contributed by atoms with Gasteiger partial charge in [0.05, 0.1) is 0 Å². The maximum absolute atomic E-state index is 6.46. The number of piperidine rings is 1. The molecule has 1 aromatic carbocycles. The molecule has 106 valence electrons. The van der Waals surface area contributed by atoms with E-state index in [1.54, 1.807) is 0 Å². The number of likely N-dealkylation sites (tertiary alicyclic amines) is 1. The Morgan fingerprint density at radius 1 is 1.32 bits per heavy atom. The second kappa shape index (κ2) is 6.53. The lowest BCUT2D eigenvalue weighted by Gasteiger charge is -2.39. The zero-order chi connectivity index (χ0) is 13.8. The Bertz CT molecular complexity index is 385. The minimum absolute atomic E-state index is 0.121. The minimum atomic E-state index is 0.121. The first-order valence-electron chi connectivity index (χ1n) is 7.68. The van der Waals surface area contributed by atoms with Crippen LogP contribution >= 0.6 is 0 Å². The summed E-state index contributed by atoms with van der Waals surface area (Å²) in [6.07, 6.45) is 4.01. The Hall–Kier alpha value is -0.860. The van der Waals surface area contributed by atoms with Crippen molar-refractivity contribution in [2.45, 2.75) is 52.1 Å². The summed E-state index contributed by atoms with van der Waals surface area (Å²) in [7, 11) is 0. The quantitative estimate of drug-likeness (QED) is 0.897. The fraction of sp³-hybridized carbons (Fsp3) is 0.647. The van der Waals surface area contributed by atoms with Gasteiger partial charge >= 0.3 is 0 Å². The first-order valence-corrected chi connectivity index (χ1v) is 7.68. The van der Waals surface area contributed by atoms with Crippen molar-refractivity contribution in [2.75, 3.05) is 13.1 Å². The summed E-state index contributed by atoms with van der Waals surface area (Å²) in [6, 6.07) is 9.23. The summed E-state index contributed by atoms with van der Waals surface area (Å²) in [4.78, 5) is 2.59. The average molecular weight is 260 g/mol. The molecule has 1 aliphatic heterocycles. The van der Waals surface area contributed by atoms with Crippen LogP contribution in [0.2, 0.25) is 0 Å². The molecule has 2 heteroatoms. The monoisotopic (exact) mass is 260 g/mol. The van der Waals surface area contributed by atoms with Crippen molar-refractivity contribution in [1.82, 2.24) is 4.90 Å². The van der Waals surface area contributed by atoms with Crippen LogP contribution in [0.5, 0.6) is 0 Å². The third-order valence-electron chi connectivity index (χ3n) is 4.69. The SMILES string of the molecule is CCC1CCCN(C(C)C(N)c2ccc(C)cc2)C1. The molecule has 0 bridgehead atoms. The summed E-state index contributed by atoms with van der Waals surface area (Å²) < 4.78 is 0. The Balaban J connectivity index is 2.01. The van der Waals surface area contributed by atoms with Crippen LogP contribution in [-0.4, -0.2) is 24.0 Å². The highest BCUT2D eigenvalue weighted by molar-refractivity contribution is 5.24. The summed E-state index contributed by atoms with van der Waals surface area (Å²) in [5.74, 6) is 0.862. The van der Waals surface area contributed by atoms with Gasteiger partial charge in [-0.05, 0) is 44.7 Å². The number of rotatable bonds is 4. The van der Waals surface area contributed by atoms with Gasteiger partial charge in [-0.3, -0.25) is 4.90 Å².